The first kappa shape index (κ1) is 24.6. The fourth-order valence-electron chi connectivity index (χ4n) is 3.44. The van der Waals surface area contributed by atoms with Crippen molar-refractivity contribution in [1.82, 2.24) is 0 Å². The highest BCUT2D eigenvalue weighted by molar-refractivity contribution is 8.04. The van der Waals surface area contributed by atoms with Gasteiger partial charge in [-0.2, -0.15) is 0 Å². The Morgan fingerprint density at radius 2 is 1.66 bits per heavy atom. The number of hydrogen-bond donors (Lipinski definition) is 1. The van der Waals surface area contributed by atoms with E-state index in [0.29, 0.717) is 22.9 Å². The SMILES string of the molecule is CCCOC(=O)c1ccc(N2C(=O)C(Nc3ccccc3C)=C(Sc3ccc(Cl)cc3)C2=O)cc1. The lowest BCUT2D eigenvalue weighted by Gasteiger charge is -2.16. The zero-order valence-corrected chi connectivity index (χ0v) is 20.8. The van der Waals surface area contributed by atoms with Gasteiger partial charge in [-0.15, -0.1) is 0 Å². The first-order valence-electron chi connectivity index (χ1n) is 11.1. The Labute approximate surface area is 212 Å². The molecule has 0 aromatic heterocycles. The summed E-state index contributed by atoms with van der Waals surface area (Å²) in [5.74, 6) is -1.38. The van der Waals surface area contributed by atoms with Crippen LogP contribution in [0.5, 0.6) is 0 Å². The van der Waals surface area contributed by atoms with Crippen molar-refractivity contribution in [3.63, 3.8) is 0 Å². The predicted octanol–water partition coefficient (Wildman–Crippen LogP) is 6.20. The van der Waals surface area contributed by atoms with Gasteiger partial charge in [0.2, 0.25) is 0 Å². The minimum Gasteiger partial charge on any atom is -0.462 e. The van der Waals surface area contributed by atoms with Crippen LogP contribution in [-0.2, 0) is 14.3 Å². The number of hydrogen-bond acceptors (Lipinski definition) is 6. The first-order valence-corrected chi connectivity index (χ1v) is 12.2. The number of esters is 1. The number of benzene rings is 3. The summed E-state index contributed by atoms with van der Waals surface area (Å²) in [5.41, 5.74) is 2.57. The molecule has 8 heteroatoms. The second-order valence-electron chi connectivity index (χ2n) is 7.83. The van der Waals surface area contributed by atoms with Crippen LogP contribution in [-0.4, -0.2) is 24.4 Å². The highest BCUT2D eigenvalue weighted by atomic mass is 35.5. The van der Waals surface area contributed by atoms with Crippen LogP contribution in [0.2, 0.25) is 5.02 Å². The summed E-state index contributed by atoms with van der Waals surface area (Å²) in [6.07, 6.45) is 0.719. The molecule has 0 atom stereocenters. The lowest BCUT2D eigenvalue weighted by molar-refractivity contribution is -0.120. The van der Waals surface area contributed by atoms with E-state index < -0.39 is 17.8 Å². The molecule has 178 valence electrons. The average Bonchev–Trinajstić information content (AvgIpc) is 3.09. The minimum atomic E-state index is -0.476. The van der Waals surface area contributed by atoms with Gasteiger partial charge in [0.05, 0.1) is 17.9 Å². The molecule has 3 aromatic rings. The molecular weight excluding hydrogens is 484 g/mol. The van der Waals surface area contributed by atoms with E-state index in [2.05, 4.69) is 5.32 Å². The monoisotopic (exact) mass is 506 g/mol. The van der Waals surface area contributed by atoms with Crippen molar-refractivity contribution in [2.45, 2.75) is 25.2 Å². The molecule has 6 nitrogen and oxygen atoms in total. The highest BCUT2D eigenvalue weighted by Gasteiger charge is 2.40. The number of ether oxygens (including phenoxy) is 1. The van der Waals surface area contributed by atoms with Crippen molar-refractivity contribution in [1.29, 1.82) is 0 Å². The lowest BCUT2D eigenvalue weighted by Crippen LogP contribution is -2.32. The fraction of sp³-hybridized carbons (Fsp3) is 0.148. The molecular formula is C27H23ClN2O4S. The molecule has 0 unspecified atom stereocenters. The zero-order chi connectivity index (χ0) is 24.9. The molecule has 0 aliphatic carbocycles. The first-order chi connectivity index (χ1) is 16.9. The van der Waals surface area contributed by atoms with Gasteiger partial charge >= 0.3 is 5.97 Å². The summed E-state index contributed by atoms with van der Waals surface area (Å²) in [4.78, 5) is 41.3. The van der Waals surface area contributed by atoms with Crippen molar-refractivity contribution in [2.75, 3.05) is 16.8 Å². The number of thioether (sulfide) groups is 1. The number of nitrogens with zero attached hydrogens (tertiary/aromatic N) is 1. The number of halogens is 1. The molecule has 0 saturated heterocycles. The molecule has 0 fully saturated rings. The van der Waals surface area contributed by atoms with E-state index >= 15 is 0 Å². The number of aryl methyl sites for hydroxylation is 1. The maximum atomic E-state index is 13.5. The molecule has 1 N–H and O–H groups in total. The Morgan fingerprint density at radius 1 is 0.971 bits per heavy atom. The quantitative estimate of drug-likeness (QED) is 0.289. The number of imide groups is 1. The van der Waals surface area contributed by atoms with Gasteiger partial charge in [-0.25, -0.2) is 9.69 Å². The largest absolute Gasteiger partial charge is 0.462 e. The molecule has 3 aromatic carbocycles. The van der Waals surface area contributed by atoms with E-state index in [1.54, 1.807) is 48.5 Å². The standard InChI is InChI=1S/C27H23ClN2O4S/c1-3-16-34-27(33)18-8-12-20(13-9-18)30-25(31)23(29-22-7-5-4-6-17(22)2)24(26(30)32)35-21-14-10-19(28)11-15-21/h4-15,29H,3,16H2,1-2H3. The molecule has 0 spiro atoms. The van der Waals surface area contributed by atoms with Gasteiger partial charge in [0, 0.05) is 15.6 Å². The van der Waals surface area contributed by atoms with Crippen LogP contribution in [0.15, 0.2) is 88.3 Å². The van der Waals surface area contributed by atoms with Crippen LogP contribution >= 0.6 is 23.4 Å². The number of carbonyl (C=O) groups excluding carboxylic acids is 3. The summed E-state index contributed by atoms with van der Waals surface area (Å²) in [6.45, 7) is 4.16. The average molecular weight is 507 g/mol. The molecule has 4 rings (SSSR count). The molecule has 35 heavy (non-hydrogen) atoms. The molecule has 1 aliphatic rings. The van der Waals surface area contributed by atoms with Gasteiger partial charge in [0.25, 0.3) is 11.8 Å². The van der Waals surface area contributed by atoms with E-state index in [4.69, 9.17) is 16.3 Å². The van der Waals surface area contributed by atoms with Gasteiger partial charge in [-0.3, -0.25) is 9.59 Å². The van der Waals surface area contributed by atoms with Gasteiger partial charge in [0.15, 0.2) is 0 Å². The van der Waals surface area contributed by atoms with Crippen LogP contribution in [0.25, 0.3) is 0 Å². The number of amides is 2. The van der Waals surface area contributed by atoms with Crippen molar-refractivity contribution >= 4 is 52.5 Å². The third kappa shape index (κ3) is 5.42. The Balaban J connectivity index is 1.67. The van der Waals surface area contributed by atoms with Gasteiger partial charge in [-0.05, 0) is 73.5 Å². The zero-order valence-electron chi connectivity index (χ0n) is 19.2. The molecule has 2 amide bonds. The summed E-state index contributed by atoms with van der Waals surface area (Å²) < 4.78 is 5.15. The Hall–Kier alpha value is -3.55. The third-order valence-corrected chi connectivity index (χ3v) is 6.62. The number of para-hydroxylation sites is 1. The second-order valence-corrected chi connectivity index (χ2v) is 9.35. The van der Waals surface area contributed by atoms with Crippen LogP contribution in [0.4, 0.5) is 11.4 Å². The number of nitrogens with one attached hydrogen (secondary N) is 1. The van der Waals surface area contributed by atoms with Crippen molar-refractivity contribution in [3.05, 3.63) is 99.5 Å². The lowest BCUT2D eigenvalue weighted by atomic mass is 10.2. The number of anilines is 2. The molecule has 1 aliphatic heterocycles. The van der Waals surface area contributed by atoms with E-state index in [1.807, 2.05) is 38.1 Å². The smallest absolute Gasteiger partial charge is 0.338 e. The summed E-state index contributed by atoms with van der Waals surface area (Å²) in [7, 11) is 0. The van der Waals surface area contributed by atoms with Gasteiger partial charge < -0.3 is 10.1 Å². The van der Waals surface area contributed by atoms with E-state index in [1.165, 1.54) is 11.8 Å². The maximum Gasteiger partial charge on any atom is 0.338 e. The van der Waals surface area contributed by atoms with E-state index in [9.17, 15) is 14.4 Å². The fourth-order valence-corrected chi connectivity index (χ4v) is 4.49. The van der Waals surface area contributed by atoms with Crippen LogP contribution < -0.4 is 10.2 Å². The summed E-state index contributed by atoms with van der Waals surface area (Å²) in [5, 5.41) is 3.75. The van der Waals surface area contributed by atoms with Crippen LogP contribution in [0, 0.1) is 6.92 Å². The number of carbonyl (C=O) groups is 3. The maximum absolute atomic E-state index is 13.5. The molecule has 1 heterocycles. The molecule has 0 saturated carbocycles. The molecule has 0 bridgehead atoms. The van der Waals surface area contributed by atoms with Crippen molar-refractivity contribution in [3.8, 4) is 0 Å². The predicted molar refractivity (Wildman–Crippen MR) is 139 cm³/mol. The third-order valence-electron chi connectivity index (χ3n) is 5.28. The Kier molecular flexibility index (Phi) is 7.58. The van der Waals surface area contributed by atoms with Crippen LogP contribution in [0.3, 0.4) is 0 Å². The minimum absolute atomic E-state index is 0.190. The molecule has 0 radical (unpaired) electrons. The van der Waals surface area contributed by atoms with Crippen molar-refractivity contribution in [2.24, 2.45) is 0 Å². The van der Waals surface area contributed by atoms with E-state index in [0.717, 1.165) is 27.5 Å². The van der Waals surface area contributed by atoms with Crippen molar-refractivity contribution < 1.29 is 19.1 Å². The summed E-state index contributed by atoms with van der Waals surface area (Å²) >= 11 is 7.20. The normalized spacial score (nSPS) is 13.4. The topological polar surface area (TPSA) is 75.7 Å². The second kappa shape index (κ2) is 10.8. The van der Waals surface area contributed by atoms with Crippen LogP contribution in [0.1, 0.15) is 29.3 Å². The van der Waals surface area contributed by atoms with Gasteiger partial charge in [0.1, 0.15) is 10.6 Å². The van der Waals surface area contributed by atoms with Gasteiger partial charge in [-0.1, -0.05) is 48.5 Å². The highest BCUT2D eigenvalue weighted by Crippen LogP contribution is 2.38. The van der Waals surface area contributed by atoms with E-state index in [-0.39, 0.29) is 10.6 Å². The Morgan fingerprint density at radius 3 is 2.31 bits per heavy atom. The number of rotatable bonds is 8. The Bertz CT molecular complexity index is 1300. The summed E-state index contributed by atoms with van der Waals surface area (Å²) in [6, 6.07) is 20.8.